The van der Waals surface area contributed by atoms with Gasteiger partial charge in [0.25, 0.3) is 5.91 Å². The molecule has 1 aromatic rings. The molecule has 0 unspecified atom stereocenters. The molecule has 4 nitrogen and oxygen atoms in total. The number of carbonyl (C=O) groups is 1. The minimum Gasteiger partial charge on any atom is -0.495 e. The van der Waals surface area contributed by atoms with Crippen LogP contribution >= 0.6 is 35.6 Å². The SMILES string of the molecule is COCCN1C(=O)C(=Cc2ccc(OC)c(Cl)c2)SC1=S. The summed E-state index contributed by atoms with van der Waals surface area (Å²) in [7, 11) is 3.15. The van der Waals surface area contributed by atoms with Gasteiger partial charge in [0.2, 0.25) is 0 Å². The molecule has 0 aliphatic carbocycles. The number of carbonyl (C=O) groups excluding carboxylic acids is 1. The molecule has 1 saturated heterocycles. The molecular weight excluding hydrogens is 330 g/mol. The molecule has 0 aromatic heterocycles. The molecule has 1 aromatic carbocycles. The van der Waals surface area contributed by atoms with Gasteiger partial charge in [0, 0.05) is 7.11 Å². The van der Waals surface area contributed by atoms with E-state index in [-0.39, 0.29) is 5.91 Å². The van der Waals surface area contributed by atoms with Gasteiger partial charge in [-0.15, -0.1) is 0 Å². The minimum atomic E-state index is -0.103. The topological polar surface area (TPSA) is 38.8 Å². The number of amides is 1. The first-order valence-electron chi connectivity index (χ1n) is 6.14. The third-order valence-corrected chi connectivity index (χ3v) is 4.54. The lowest BCUT2D eigenvalue weighted by atomic mass is 10.2. The van der Waals surface area contributed by atoms with Crippen molar-refractivity contribution in [3.63, 3.8) is 0 Å². The highest BCUT2D eigenvalue weighted by molar-refractivity contribution is 8.26. The molecule has 0 radical (unpaired) electrons. The van der Waals surface area contributed by atoms with Crippen molar-refractivity contribution in [2.24, 2.45) is 0 Å². The van der Waals surface area contributed by atoms with Gasteiger partial charge < -0.3 is 9.47 Å². The van der Waals surface area contributed by atoms with Crippen LogP contribution in [-0.4, -0.2) is 42.5 Å². The number of hydrogen-bond acceptors (Lipinski definition) is 5. The van der Waals surface area contributed by atoms with Crippen molar-refractivity contribution in [3.05, 3.63) is 33.7 Å². The van der Waals surface area contributed by atoms with Gasteiger partial charge in [-0.25, -0.2) is 0 Å². The molecule has 0 bridgehead atoms. The summed E-state index contributed by atoms with van der Waals surface area (Å²) in [5.74, 6) is 0.496. The van der Waals surface area contributed by atoms with Crippen LogP contribution in [0.15, 0.2) is 23.1 Å². The van der Waals surface area contributed by atoms with Gasteiger partial charge in [-0.05, 0) is 23.8 Å². The summed E-state index contributed by atoms with van der Waals surface area (Å²) in [6.07, 6.45) is 1.78. The van der Waals surface area contributed by atoms with Crippen molar-refractivity contribution >= 4 is 51.9 Å². The summed E-state index contributed by atoms with van der Waals surface area (Å²) in [6, 6.07) is 5.36. The van der Waals surface area contributed by atoms with E-state index in [1.54, 1.807) is 37.3 Å². The summed E-state index contributed by atoms with van der Waals surface area (Å²) in [6.45, 7) is 0.913. The Kier molecular flexibility index (Phi) is 5.64. The zero-order valence-corrected chi connectivity index (χ0v) is 14.0. The maximum Gasteiger partial charge on any atom is 0.266 e. The second-order valence-corrected chi connectivity index (χ2v) is 6.30. The van der Waals surface area contributed by atoms with Gasteiger partial charge in [0.05, 0.1) is 30.2 Å². The molecule has 112 valence electrons. The van der Waals surface area contributed by atoms with Gasteiger partial charge in [0.1, 0.15) is 10.1 Å². The second kappa shape index (κ2) is 7.26. The standard InChI is InChI=1S/C14H14ClNO3S2/c1-18-6-5-16-13(17)12(21-14(16)20)8-9-3-4-11(19-2)10(15)7-9/h3-4,7-8H,5-6H2,1-2H3. The summed E-state index contributed by atoms with van der Waals surface area (Å²) in [5, 5.41) is 0.501. The van der Waals surface area contributed by atoms with Crippen LogP contribution in [0.3, 0.4) is 0 Å². The van der Waals surface area contributed by atoms with Gasteiger partial charge in [-0.3, -0.25) is 9.69 Å². The predicted molar refractivity (Wildman–Crippen MR) is 89.8 cm³/mol. The van der Waals surface area contributed by atoms with E-state index in [0.29, 0.717) is 33.1 Å². The summed E-state index contributed by atoms with van der Waals surface area (Å²) in [5.41, 5.74) is 0.827. The van der Waals surface area contributed by atoms with Crippen LogP contribution in [-0.2, 0) is 9.53 Å². The van der Waals surface area contributed by atoms with Crippen LogP contribution < -0.4 is 4.74 Å². The maximum atomic E-state index is 12.3. The summed E-state index contributed by atoms with van der Waals surface area (Å²) < 4.78 is 10.6. The number of methoxy groups -OCH3 is 2. The van der Waals surface area contributed by atoms with Gasteiger partial charge in [0.15, 0.2) is 0 Å². The second-order valence-electron chi connectivity index (χ2n) is 4.22. The molecule has 0 atom stereocenters. The fraction of sp³-hybridized carbons (Fsp3) is 0.286. The Hall–Kier alpha value is -1.08. The van der Waals surface area contributed by atoms with E-state index < -0.39 is 0 Å². The molecule has 1 aliphatic heterocycles. The lowest BCUT2D eigenvalue weighted by molar-refractivity contribution is -0.122. The first-order chi connectivity index (χ1) is 10.1. The van der Waals surface area contributed by atoms with E-state index >= 15 is 0 Å². The first-order valence-corrected chi connectivity index (χ1v) is 7.75. The molecule has 0 saturated carbocycles. The van der Waals surface area contributed by atoms with Crippen molar-refractivity contribution in [1.82, 2.24) is 4.90 Å². The summed E-state index contributed by atoms with van der Waals surface area (Å²) >= 11 is 12.6. The van der Waals surface area contributed by atoms with Gasteiger partial charge >= 0.3 is 0 Å². The predicted octanol–water partition coefficient (Wildman–Crippen LogP) is 3.20. The van der Waals surface area contributed by atoms with Crippen molar-refractivity contribution < 1.29 is 14.3 Å². The number of nitrogens with zero attached hydrogens (tertiary/aromatic N) is 1. The average Bonchev–Trinajstić information content (AvgIpc) is 2.72. The highest BCUT2D eigenvalue weighted by atomic mass is 35.5. The number of rotatable bonds is 5. The number of hydrogen-bond donors (Lipinski definition) is 0. The molecule has 1 aliphatic rings. The third-order valence-electron chi connectivity index (χ3n) is 2.87. The lowest BCUT2D eigenvalue weighted by Gasteiger charge is -2.12. The van der Waals surface area contributed by atoms with Crippen LogP contribution in [0, 0.1) is 0 Å². The molecule has 1 amide bonds. The van der Waals surface area contributed by atoms with E-state index in [0.717, 1.165) is 5.56 Å². The Balaban J connectivity index is 2.20. The monoisotopic (exact) mass is 343 g/mol. The zero-order valence-electron chi connectivity index (χ0n) is 11.6. The highest BCUT2D eigenvalue weighted by Crippen LogP contribution is 2.33. The van der Waals surface area contributed by atoms with Gasteiger partial charge in [-0.2, -0.15) is 0 Å². The number of benzene rings is 1. The molecule has 0 N–H and O–H groups in total. The first kappa shape index (κ1) is 16.3. The van der Waals surface area contributed by atoms with Gasteiger partial charge in [-0.1, -0.05) is 41.6 Å². The van der Waals surface area contributed by atoms with Crippen LogP contribution in [0.1, 0.15) is 5.56 Å². The number of halogens is 1. The van der Waals surface area contributed by atoms with E-state index in [9.17, 15) is 4.79 Å². The van der Waals surface area contributed by atoms with Crippen LogP contribution in [0.5, 0.6) is 5.75 Å². The summed E-state index contributed by atoms with van der Waals surface area (Å²) in [4.78, 5) is 14.4. The molecular formula is C14H14ClNO3S2. The molecule has 1 heterocycles. The fourth-order valence-corrected chi connectivity index (χ4v) is 3.37. The molecule has 1 fully saturated rings. The molecule has 2 rings (SSSR count). The lowest BCUT2D eigenvalue weighted by Crippen LogP contribution is -2.31. The van der Waals surface area contributed by atoms with Crippen LogP contribution in [0.2, 0.25) is 5.02 Å². The zero-order chi connectivity index (χ0) is 15.4. The Morgan fingerprint density at radius 3 is 2.81 bits per heavy atom. The van der Waals surface area contributed by atoms with E-state index in [2.05, 4.69) is 0 Å². The maximum absolute atomic E-state index is 12.3. The number of ether oxygens (including phenoxy) is 2. The Labute approximate surface area is 138 Å². The normalized spacial score (nSPS) is 16.9. The van der Waals surface area contributed by atoms with E-state index in [1.807, 2.05) is 6.07 Å². The quantitative estimate of drug-likeness (QED) is 0.606. The van der Waals surface area contributed by atoms with Crippen LogP contribution in [0.25, 0.3) is 6.08 Å². The Morgan fingerprint density at radius 2 is 2.19 bits per heavy atom. The Bertz CT molecular complexity index is 604. The van der Waals surface area contributed by atoms with Crippen molar-refractivity contribution in [1.29, 1.82) is 0 Å². The minimum absolute atomic E-state index is 0.103. The number of thioether (sulfide) groups is 1. The average molecular weight is 344 g/mol. The Morgan fingerprint density at radius 1 is 1.43 bits per heavy atom. The van der Waals surface area contributed by atoms with E-state index in [1.165, 1.54) is 11.8 Å². The van der Waals surface area contributed by atoms with Crippen molar-refractivity contribution in [2.45, 2.75) is 0 Å². The van der Waals surface area contributed by atoms with Crippen LogP contribution in [0.4, 0.5) is 0 Å². The highest BCUT2D eigenvalue weighted by Gasteiger charge is 2.31. The van der Waals surface area contributed by atoms with E-state index in [4.69, 9.17) is 33.3 Å². The molecule has 7 heteroatoms. The fourth-order valence-electron chi connectivity index (χ4n) is 1.80. The number of thiocarbonyl (C=S) groups is 1. The largest absolute Gasteiger partial charge is 0.495 e. The molecule has 0 spiro atoms. The smallest absolute Gasteiger partial charge is 0.266 e. The molecule has 21 heavy (non-hydrogen) atoms. The third kappa shape index (κ3) is 3.77. The van der Waals surface area contributed by atoms with Crippen molar-refractivity contribution in [3.8, 4) is 5.75 Å². The van der Waals surface area contributed by atoms with Crippen molar-refractivity contribution in [2.75, 3.05) is 27.4 Å².